The number of hydrogen-bond acceptors (Lipinski definition) is 5. The van der Waals surface area contributed by atoms with Crippen LogP contribution in [0.15, 0.2) is 24.3 Å². The second-order valence-corrected chi connectivity index (χ2v) is 5.56. The van der Waals surface area contributed by atoms with Crippen molar-refractivity contribution in [3.8, 4) is 5.75 Å². The van der Waals surface area contributed by atoms with Crippen LogP contribution in [0.5, 0.6) is 5.75 Å². The highest BCUT2D eigenvalue weighted by molar-refractivity contribution is 5.80. The van der Waals surface area contributed by atoms with Gasteiger partial charge in [0.15, 0.2) is 0 Å². The zero-order chi connectivity index (χ0) is 15.3. The van der Waals surface area contributed by atoms with Gasteiger partial charge in [-0.05, 0) is 26.5 Å². The Bertz CT molecular complexity index is 492. The lowest BCUT2D eigenvalue weighted by Crippen LogP contribution is -2.50. The Balaban J connectivity index is 1.99. The molecule has 0 fully saturated rings. The third kappa shape index (κ3) is 3.74. The predicted octanol–water partition coefficient (Wildman–Crippen LogP) is 1.42. The third-order valence-electron chi connectivity index (χ3n) is 4.15. The summed E-state index contributed by atoms with van der Waals surface area (Å²) in [4.78, 5) is 14.2. The Morgan fingerprint density at radius 3 is 2.95 bits per heavy atom. The second kappa shape index (κ2) is 6.91. The number of rotatable bonds is 5. The van der Waals surface area contributed by atoms with Crippen LogP contribution in [0.1, 0.15) is 18.9 Å². The van der Waals surface area contributed by atoms with Crippen LogP contribution in [0.3, 0.4) is 0 Å². The predicted molar refractivity (Wildman–Crippen MR) is 81.3 cm³/mol. The summed E-state index contributed by atoms with van der Waals surface area (Å²) in [5.74, 6) is 0.737. The third-order valence-corrected chi connectivity index (χ3v) is 4.15. The number of benzene rings is 1. The summed E-state index contributed by atoms with van der Waals surface area (Å²) in [6.07, 6.45) is 0.693. The van der Waals surface area contributed by atoms with Crippen LogP contribution in [0.2, 0.25) is 0 Å². The quantitative estimate of drug-likeness (QED) is 0.832. The van der Waals surface area contributed by atoms with Crippen molar-refractivity contribution in [3.05, 3.63) is 29.8 Å². The number of esters is 1. The molecule has 0 amide bonds. The van der Waals surface area contributed by atoms with Gasteiger partial charge < -0.3 is 14.8 Å². The fraction of sp³-hybridized carbons (Fsp3) is 0.562. The molecular weight excluding hydrogens is 268 g/mol. The summed E-state index contributed by atoms with van der Waals surface area (Å²) in [6, 6.07) is 8.11. The minimum atomic E-state index is -0.651. The minimum absolute atomic E-state index is 0.225. The molecule has 1 atom stereocenters. The number of methoxy groups -OCH3 is 1. The van der Waals surface area contributed by atoms with Crippen molar-refractivity contribution in [1.29, 1.82) is 0 Å². The largest absolute Gasteiger partial charge is 0.492 e. The fourth-order valence-corrected chi connectivity index (χ4v) is 2.51. The summed E-state index contributed by atoms with van der Waals surface area (Å²) in [5, 5.41) is 3.07. The van der Waals surface area contributed by atoms with E-state index < -0.39 is 5.54 Å². The van der Waals surface area contributed by atoms with Gasteiger partial charge in [-0.15, -0.1) is 0 Å². The van der Waals surface area contributed by atoms with E-state index in [2.05, 4.69) is 16.3 Å². The van der Waals surface area contributed by atoms with Crippen LogP contribution in [0, 0.1) is 0 Å². The van der Waals surface area contributed by atoms with Gasteiger partial charge >= 0.3 is 5.97 Å². The highest BCUT2D eigenvalue weighted by atomic mass is 16.5. The lowest BCUT2D eigenvalue weighted by atomic mass is 9.98. The van der Waals surface area contributed by atoms with Gasteiger partial charge in [0.05, 0.1) is 7.11 Å². The number of carbonyl (C=O) groups is 1. The number of ether oxygens (including phenoxy) is 2. The van der Waals surface area contributed by atoms with Crippen molar-refractivity contribution in [3.63, 3.8) is 0 Å². The zero-order valence-corrected chi connectivity index (χ0v) is 13.0. The number of fused-ring (bicyclic) bond motifs is 1. The topological polar surface area (TPSA) is 50.8 Å². The molecule has 116 valence electrons. The maximum atomic E-state index is 11.9. The van der Waals surface area contributed by atoms with Crippen molar-refractivity contribution in [1.82, 2.24) is 10.2 Å². The Labute approximate surface area is 126 Å². The lowest BCUT2D eigenvalue weighted by molar-refractivity contribution is -0.148. The summed E-state index contributed by atoms with van der Waals surface area (Å²) in [7, 11) is 3.21. The monoisotopic (exact) mass is 292 g/mol. The molecule has 1 aromatic rings. The first kappa shape index (κ1) is 15.8. The molecule has 0 aliphatic carbocycles. The Morgan fingerprint density at radius 2 is 2.24 bits per heavy atom. The lowest BCUT2D eigenvalue weighted by Gasteiger charge is -2.29. The van der Waals surface area contributed by atoms with E-state index in [4.69, 9.17) is 9.47 Å². The molecule has 1 aliphatic heterocycles. The minimum Gasteiger partial charge on any atom is -0.492 e. The molecule has 5 heteroatoms. The van der Waals surface area contributed by atoms with Crippen molar-refractivity contribution < 1.29 is 14.3 Å². The van der Waals surface area contributed by atoms with E-state index in [0.29, 0.717) is 13.0 Å². The number of para-hydroxylation sites is 1. The SMILES string of the molecule is CNC(C)(CCN1CCOc2ccccc2C1)C(=O)OC. The molecule has 1 aliphatic rings. The van der Waals surface area contributed by atoms with Gasteiger partial charge in [-0.3, -0.25) is 9.69 Å². The van der Waals surface area contributed by atoms with E-state index in [9.17, 15) is 4.79 Å². The molecule has 0 spiro atoms. The highest BCUT2D eigenvalue weighted by Crippen LogP contribution is 2.23. The molecule has 0 bridgehead atoms. The number of nitrogens with one attached hydrogen (secondary N) is 1. The average molecular weight is 292 g/mol. The second-order valence-electron chi connectivity index (χ2n) is 5.56. The summed E-state index contributed by atoms with van der Waals surface area (Å²) in [6.45, 7) is 5.06. The van der Waals surface area contributed by atoms with Gasteiger partial charge in [0.1, 0.15) is 17.9 Å². The smallest absolute Gasteiger partial charge is 0.325 e. The summed E-state index contributed by atoms with van der Waals surface area (Å²) in [5.41, 5.74) is 0.542. The van der Waals surface area contributed by atoms with E-state index in [1.807, 2.05) is 25.1 Å². The maximum absolute atomic E-state index is 11.9. The highest BCUT2D eigenvalue weighted by Gasteiger charge is 2.33. The van der Waals surface area contributed by atoms with Gasteiger partial charge in [0.25, 0.3) is 0 Å². The Morgan fingerprint density at radius 1 is 1.48 bits per heavy atom. The Kier molecular flexibility index (Phi) is 5.20. The van der Waals surface area contributed by atoms with Crippen LogP contribution in [-0.4, -0.2) is 50.3 Å². The summed E-state index contributed by atoms with van der Waals surface area (Å²) < 4.78 is 10.6. The van der Waals surface area contributed by atoms with Gasteiger partial charge in [-0.25, -0.2) is 0 Å². The molecule has 21 heavy (non-hydrogen) atoms. The molecule has 0 saturated carbocycles. The fourth-order valence-electron chi connectivity index (χ4n) is 2.51. The number of nitrogens with zero attached hydrogens (tertiary/aromatic N) is 1. The van der Waals surface area contributed by atoms with Gasteiger partial charge in [0.2, 0.25) is 0 Å². The van der Waals surface area contributed by atoms with Crippen molar-refractivity contribution >= 4 is 5.97 Å². The molecule has 0 radical (unpaired) electrons. The molecule has 5 nitrogen and oxygen atoms in total. The molecule has 1 aromatic carbocycles. The normalized spacial score (nSPS) is 18.0. The van der Waals surface area contributed by atoms with E-state index in [-0.39, 0.29) is 5.97 Å². The zero-order valence-electron chi connectivity index (χ0n) is 13.0. The standard InChI is InChI=1S/C16H24N2O3/c1-16(17-2,15(19)20-3)8-9-18-10-11-21-14-7-5-4-6-13(14)12-18/h4-7,17H,8-12H2,1-3H3. The van der Waals surface area contributed by atoms with Crippen LogP contribution < -0.4 is 10.1 Å². The molecule has 0 saturated heterocycles. The van der Waals surface area contributed by atoms with Gasteiger partial charge in [0, 0.05) is 25.2 Å². The van der Waals surface area contributed by atoms with Gasteiger partial charge in [-0.1, -0.05) is 18.2 Å². The van der Waals surface area contributed by atoms with Crippen LogP contribution in [0.25, 0.3) is 0 Å². The van der Waals surface area contributed by atoms with Crippen molar-refractivity contribution in [2.24, 2.45) is 0 Å². The average Bonchev–Trinajstić information content (AvgIpc) is 2.73. The first-order chi connectivity index (χ1) is 10.1. The molecule has 2 rings (SSSR count). The van der Waals surface area contributed by atoms with Crippen molar-refractivity contribution in [2.75, 3.05) is 33.9 Å². The summed E-state index contributed by atoms with van der Waals surface area (Å²) >= 11 is 0. The molecule has 1 heterocycles. The van der Waals surface area contributed by atoms with E-state index in [1.165, 1.54) is 12.7 Å². The Hall–Kier alpha value is -1.59. The van der Waals surface area contributed by atoms with E-state index in [1.54, 1.807) is 7.05 Å². The van der Waals surface area contributed by atoms with E-state index >= 15 is 0 Å². The van der Waals surface area contributed by atoms with Gasteiger partial charge in [-0.2, -0.15) is 0 Å². The first-order valence-corrected chi connectivity index (χ1v) is 7.29. The number of likely N-dealkylation sites (N-methyl/N-ethyl adjacent to an activating group) is 1. The first-order valence-electron chi connectivity index (χ1n) is 7.29. The van der Waals surface area contributed by atoms with Crippen LogP contribution >= 0.6 is 0 Å². The maximum Gasteiger partial charge on any atom is 0.325 e. The van der Waals surface area contributed by atoms with Crippen LogP contribution in [-0.2, 0) is 16.1 Å². The number of hydrogen-bond donors (Lipinski definition) is 1. The molecule has 1 unspecified atom stereocenters. The number of carbonyl (C=O) groups excluding carboxylic acids is 1. The molecule has 1 N–H and O–H groups in total. The van der Waals surface area contributed by atoms with Crippen molar-refractivity contribution in [2.45, 2.75) is 25.4 Å². The molecule has 0 aromatic heterocycles. The molecular formula is C16H24N2O3. The van der Waals surface area contributed by atoms with E-state index in [0.717, 1.165) is 25.4 Å². The van der Waals surface area contributed by atoms with Crippen LogP contribution in [0.4, 0.5) is 0 Å².